The molecule has 130 valence electrons. The Bertz CT molecular complexity index is 1390. The van der Waals surface area contributed by atoms with E-state index in [0.717, 1.165) is 0 Å². The molecule has 0 heteroatoms. The molecule has 6 aromatic rings. The normalized spacial score (nSPS) is 11.6. The first-order valence-electron chi connectivity index (χ1n) is 9.70. The van der Waals surface area contributed by atoms with Gasteiger partial charge in [0.1, 0.15) is 0 Å². The van der Waals surface area contributed by atoms with E-state index in [1.165, 1.54) is 54.2 Å². The van der Waals surface area contributed by atoms with Gasteiger partial charge in [0.05, 0.1) is 0 Å². The number of hydrogen-bond acceptors (Lipinski definition) is 0. The summed E-state index contributed by atoms with van der Waals surface area (Å²) in [6.07, 6.45) is 0. The zero-order valence-electron chi connectivity index (χ0n) is 15.4. The van der Waals surface area contributed by atoms with Crippen LogP contribution < -0.4 is 0 Å². The highest BCUT2D eigenvalue weighted by atomic mass is 14.1. The van der Waals surface area contributed by atoms with Crippen molar-refractivity contribution in [1.29, 1.82) is 0 Å². The molecule has 0 nitrogen and oxygen atoms in total. The summed E-state index contributed by atoms with van der Waals surface area (Å²) in [7, 11) is 0. The quantitative estimate of drug-likeness (QED) is 0.263. The fraction of sp³-hybridized carbons (Fsp3) is 0. The summed E-state index contributed by atoms with van der Waals surface area (Å²) < 4.78 is 0. The first kappa shape index (κ1) is 15.4. The first-order valence-corrected chi connectivity index (χ1v) is 9.70. The number of fused-ring (bicyclic) bond motifs is 4. The predicted octanol–water partition coefficient (Wildman–Crippen LogP) is 7.97. The van der Waals surface area contributed by atoms with E-state index in [0.29, 0.717) is 0 Å². The van der Waals surface area contributed by atoms with E-state index in [1.54, 1.807) is 0 Å². The molecule has 0 radical (unpaired) electrons. The third-order valence-electron chi connectivity index (χ3n) is 5.78. The standard InChI is InChI=1S/C28H18/c1-3-9-21-17-27-23(15-19(21)7-1)11-5-13-25(27)26-14-6-12-24-16-20-8-2-4-10-22(20)18-28(24)26/h1-18H. The highest BCUT2D eigenvalue weighted by Gasteiger charge is 2.09. The zero-order valence-corrected chi connectivity index (χ0v) is 15.4. The molecule has 0 N–H and O–H groups in total. The van der Waals surface area contributed by atoms with Crippen molar-refractivity contribution in [3.8, 4) is 11.1 Å². The van der Waals surface area contributed by atoms with E-state index in [4.69, 9.17) is 0 Å². The Hall–Kier alpha value is -3.64. The summed E-state index contributed by atoms with van der Waals surface area (Å²) in [5.41, 5.74) is 2.59. The fourth-order valence-corrected chi connectivity index (χ4v) is 4.40. The van der Waals surface area contributed by atoms with Crippen LogP contribution >= 0.6 is 0 Å². The van der Waals surface area contributed by atoms with Gasteiger partial charge in [-0.05, 0) is 78.5 Å². The second-order valence-corrected chi connectivity index (χ2v) is 7.45. The van der Waals surface area contributed by atoms with E-state index in [1.807, 2.05) is 0 Å². The maximum absolute atomic E-state index is 2.33. The van der Waals surface area contributed by atoms with Crippen LogP contribution in [-0.4, -0.2) is 0 Å². The lowest BCUT2D eigenvalue weighted by atomic mass is 9.91. The minimum atomic E-state index is 1.29. The largest absolute Gasteiger partial charge is 0.0616 e. The van der Waals surface area contributed by atoms with Crippen molar-refractivity contribution in [3.05, 3.63) is 109 Å². The van der Waals surface area contributed by atoms with Crippen molar-refractivity contribution >= 4 is 43.1 Å². The molecule has 0 heterocycles. The fourth-order valence-electron chi connectivity index (χ4n) is 4.40. The molecule has 0 saturated carbocycles. The Kier molecular flexibility index (Phi) is 3.27. The van der Waals surface area contributed by atoms with Crippen LogP contribution in [0.2, 0.25) is 0 Å². The van der Waals surface area contributed by atoms with Gasteiger partial charge in [0.15, 0.2) is 0 Å². The molecule has 0 atom stereocenters. The van der Waals surface area contributed by atoms with E-state index >= 15 is 0 Å². The van der Waals surface area contributed by atoms with Crippen LogP contribution in [0.3, 0.4) is 0 Å². The van der Waals surface area contributed by atoms with Gasteiger partial charge in [-0.3, -0.25) is 0 Å². The minimum absolute atomic E-state index is 1.29. The van der Waals surface area contributed by atoms with E-state index in [-0.39, 0.29) is 0 Å². The Morgan fingerprint density at radius 1 is 0.286 bits per heavy atom. The van der Waals surface area contributed by atoms with Crippen molar-refractivity contribution in [3.63, 3.8) is 0 Å². The van der Waals surface area contributed by atoms with Gasteiger partial charge in [0, 0.05) is 0 Å². The van der Waals surface area contributed by atoms with Crippen molar-refractivity contribution < 1.29 is 0 Å². The van der Waals surface area contributed by atoms with Gasteiger partial charge in [-0.15, -0.1) is 0 Å². The van der Waals surface area contributed by atoms with Crippen LogP contribution in [-0.2, 0) is 0 Å². The van der Waals surface area contributed by atoms with Gasteiger partial charge in [-0.25, -0.2) is 0 Å². The SMILES string of the molecule is c1ccc2cc3c(-c4cccc5cc6ccccc6cc45)cccc3cc2c1. The van der Waals surface area contributed by atoms with Crippen LogP contribution in [0.25, 0.3) is 54.2 Å². The van der Waals surface area contributed by atoms with Crippen molar-refractivity contribution in [1.82, 2.24) is 0 Å². The highest BCUT2D eigenvalue weighted by Crippen LogP contribution is 2.37. The third kappa shape index (κ3) is 2.32. The van der Waals surface area contributed by atoms with E-state index in [2.05, 4.69) is 109 Å². The molecular weight excluding hydrogens is 336 g/mol. The summed E-state index contributed by atoms with van der Waals surface area (Å²) in [6, 6.07) is 39.7. The van der Waals surface area contributed by atoms with E-state index < -0.39 is 0 Å². The molecule has 0 spiro atoms. The van der Waals surface area contributed by atoms with Crippen LogP contribution in [0.1, 0.15) is 0 Å². The second-order valence-electron chi connectivity index (χ2n) is 7.45. The summed E-state index contributed by atoms with van der Waals surface area (Å²) in [4.78, 5) is 0. The average Bonchev–Trinajstić information content (AvgIpc) is 2.75. The molecule has 0 bridgehead atoms. The molecule has 0 aliphatic rings. The Balaban J connectivity index is 1.72. The maximum Gasteiger partial charge on any atom is -0.00988 e. The molecule has 6 aromatic carbocycles. The van der Waals surface area contributed by atoms with Crippen molar-refractivity contribution in [2.45, 2.75) is 0 Å². The average molecular weight is 354 g/mol. The molecule has 6 rings (SSSR count). The van der Waals surface area contributed by atoms with Crippen LogP contribution in [0.4, 0.5) is 0 Å². The molecule has 0 unspecified atom stereocenters. The van der Waals surface area contributed by atoms with Crippen LogP contribution in [0, 0.1) is 0 Å². The first-order chi connectivity index (χ1) is 13.9. The molecule has 0 amide bonds. The smallest absolute Gasteiger partial charge is 0.00988 e. The van der Waals surface area contributed by atoms with Gasteiger partial charge in [-0.2, -0.15) is 0 Å². The minimum Gasteiger partial charge on any atom is -0.0616 e. The van der Waals surface area contributed by atoms with Gasteiger partial charge < -0.3 is 0 Å². The van der Waals surface area contributed by atoms with Crippen molar-refractivity contribution in [2.24, 2.45) is 0 Å². The summed E-state index contributed by atoms with van der Waals surface area (Å²) in [5.74, 6) is 0. The predicted molar refractivity (Wildman–Crippen MR) is 122 cm³/mol. The summed E-state index contributed by atoms with van der Waals surface area (Å²) in [5, 5.41) is 10.3. The second kappa shape index (κ2) is 5.94. The lowest BCUT2D eigenvalue weighted by molar-refractivity contribution is 1.70. The Morgan fingerprint density at radius 2 is 0.643 bits per heavy atom. The molecular formula is C28H18. The van der Waals surface area contributed by atoms with Crippen LogP contribution in [0.5, 0.6) is 0 Å². The molecule has 28 heavy (non-hydrogen) atoms. The van der Waals surface area contributed by atoms with Crippen LogP contribution in [0.15, 0.2) is 109 Å². The van der Waals surface area contributed by atoms with Gasteiger partial charge in [-0.1, -0.05) is 84.9 Å². The number of hydrogen-bond donors (Lipinski definition) is 0. The van der Waals surface area contributed by atoms with Crippen molar-refractivity contribution in [2.75, 3.05) is 0 Å². The Morgan fingerprint density at radius 3 is 1.07 bits per heavy atom. The van der Waals surface area contributed by atoms with Gasteiger partial charge >= 0.3 is 0 Å². The molecule has 0 aromatic heterocycles. The third-order valence-corrected chi connectivity index (χ3v) is 5.78. The van der Waals surface area contributed by atoms with Gasteiger partial charge in [0.2, 0.25) is 0 Å². The molecule has 0 saturated heterocycles. The number of benzene rings is 6. The Labute approximate surface area is 163 Å². The lowest BCUT2D eigenvalue weighted by Gasteiger charge is -2.12. The molecule has 0 aliphatic carbocycles. The zero-order chi connectivity index (χ0) is 18.5. The summed E-state index contributed by atoms with van der Waals surface area (Å²) in [6.45, 7) is 0. The lowest BCUT2D eigenvalue weighted by Crippen LogP contribution is -1.85. The monoisotopic (exact) mass is 354 g/mol. The topological polar surface area (TPSA) is 0 Å². The molecule has 0 aliphatic heterocycles. The highest BCUT2D eigenvalue weighted by molar-refractivity contribution is 6.11. The maximum atomic E-state index is 2.33. The summed E-state index contributed by atoms with van der Waals surface area (Å²) >= 11 is 0. The number of rotatable bonds is 1. The molecule has 0 fully saturated rings. The van der Waals surface area contributed by atoms with E-state index in [9.17, 15) is 0 Å². The van der Waals surface area contributed by atoms with Gasteiger partial charge in [0.25, 0.3) is 0 Å².